The van der Waals surface area contributed by atoms with Crippen LogP contribution < -0.4 is 5.73 Å². The Morgan fingerprint density at radius 2 is 2.24 bits per heavy atom. The van der Waals surface area contributed by atoms with Gasteiger partial charge in [0.1, 0.15) is 12.3 Å². The molecule has 0 fully saturated rings. The lowest BCUT2D eigenvalue weighted by molar-refractivity contribution is -0.385. The highest BCUT2D eigenvalue weighted by Crippen LogP contribution is 2.22. The first kappa shape index (κ1) is 13.5. The predicted octanol–water partition coefficient (Wildman–Crippen LogP) is 0.0413. The van der Waals surface area contributed by atoms with Crippen molar-refractivity contribution in [2.75, 3.05) is 6.54 Å². The van der Waals surface area contributed by atoms with Gasteiger partial charge >= 0.3 is 0 Å². The van der Waals surface area contributed by atoms with Gasteiger partial charge in [0, 0.05) is 6.07 Å². The maximum Gasteiger partial charge on any atom is 0.287 e. The Hall–Kier alpha value is -1.57. The molecule has 0 spiro atoms. The lowest BCUT2D eigenvalue weighted by atomic mass is 10.0. The highest BCUT2D eigenvalue weighted by molar-refractivity contribution is 5.34. The molecule has 0 bridgehead atoms. The molecule has 7 heteroatoms. The second kappa shape index (κ2) is 5.67. The summed E-state index contributed by atoms with van der Waals surface area (Å²) in [5.41, 5.74) is 5.81. The SMILES string of the molecule is Cc1cc([N+](=O)[O-])cnc1C(O)C(O)CCN. The van der Waals surface area contributed by atoms with E-state index >= 15 is 0 Å². The number of pyridine rings is 1. The van der Waals surface area contributed by atoms with E-state index in [9.17, 15) is 20.3 Å². The normalized spacial score (nSPS) is 14.4. The number of aliphatic hydroxyl groups excluding tert-OH is 2. The van der Waals surface area contributed by atoms with Crippen LogP contribution in [0.3, 0.4) is 0 Å². The fraction of sp³-hybridized carbons (Fsp3) is 0.500. The number of nitrogens with two attached hydrogens (primary N) is 1. The van der Waals surface area contributed by atoms with E-state index in [-0.39, 0.29) is 24.3 Å². The Bertz CT molecular complexity index is 411. The van der Waals surface area contributed by atoms with Crippen molar-refractivity contribution in [3.63, 3.8) is 0 Å². The average molecular weight is 241 g/mol. The number of hydrogen-bond donors (Lipinski definition) is 3. The lowest BCUT2D eigenvalue weighted by Crippen LogP contribution is -2.23. The van der Waals surface area contributed by atoms with Crippen LogP contribution in [0.5, 0.6) is 0 Å². The number of aliphatic hydroxyl groups is 2. The third-order valence-electron chi connectivity index (χ3n) is 2.42. The number of aryl methyl sites for hydroxylation is 1. The van der Waals surface area contributed by atoms with Crippen LogP contribution >= 0.6 is 0 Å². The predicted molar refractivity (Wildman–Crippen MR) is 60.3 cm³/mol. The van der Waals surface area contributed by atoms with E-state index in [1.807, 2.05) is 0 Å². The van der Waals surface area contributed by atoms with Crippen LogP contribution in [0.4, 0.5) is 5.69 Å². The van der Waals surface area contributed by atoms with Crippen molar-refractivity contribution < 1.29 is 15.1 Å². The van der Waals surface area contributed by atoms with E-state index in [1.165, 1.54) is 6.07 Å². The highest BCUT2D eigenvalue weighted by atomic mass is 16.6. The molecule has 1 aromatic rings. The number of aromatic nitrogens is 1. The standard InChI is InChI=1S/C10H15N3O4/c1-6-4-7(13(16)17)5-12-9(6)10(15)8(14)2-3-11/h4-5,8,10,14-15H,2-3,11H2,1H3. The van der Waals surface area contributed by atoms with Gasteiger partial charge in [0.25, 0.3) is 5.69 Å². The third-order valence-corrected chi connectivity index (χ3v) is 2.42. The zero-order chi connectivity index (χ0) is 13.0. The molecule has 0 aromatic carbocycles. The van der Waals surface area contributed by atoms with Crippen molar-refractivity contribution in [2.24, 2.45) is 5.73 Å². The lowest BCUT2D eigenvalue weighted by Gasteiger charge is -2.17. The summed E-state index contributed by atoms with van der Waals surface area (Å²) in [6.45, 7) is 1.83. The Morgan fingerprint density at radius 3 is 2.71 bits per heavy atom. The summed E-state index contributed by atoms with van der Waals surface area (Å²) in [7, 11) is 0. The van der Waals surface area contributed by atoms with Crippen LogP contribution in [0.1, 0.15) is 23.8 Å². The molecule has 1 heterocycles. The maximum atomic E-state index is 10.5. The minimum absolute atomic E-state index is 0.147. The van der Waals surface area contributed by atoms with E-state index in [1.54, 1.807) is 6.92 Å². The second-order valence-corrected chi connectivity index (χ2v) is 3.74. The summed E-state index contributed by atoms with van der Waals surface area (Å²) in [5, 5.41) is 29.9. The van der Waals surface area contributed by atoms with Crippen molar-refractivity contribution in [3.8, 4) is 0 Å². The van der Waals surface area contributed by atoms with Gasteiger partial charge in [-0.25, -0.2) is 0 Å². The van der Waals surface area contributed by atoms with E-state index in [0.29, 0.717) is 5.56 Å². The van der Waals surface area contributed by atoms with Crippen LogP contribution in [0.25, 0.3) is 0 Å². The quantitative estimate of drug-likeness (QED) is 0.494. The molecule has 0 aliphatic rings. The van der Waals surface area contributed by atoms with Crippen LogP contribution in [0, 0.1) is 17.0 Å². The fourth-order valence-electron chi connectivity index (χ4n) is 1.49. The molecule has 1 aromatic heterocycles. The van der Waals surface area contributed by atoms with Crippen molar-refractivity contribution >= 4 is 5.69 Å². The summed E-state index contributed by atoms with van der Waals surface area (Å²) in [6.07, 6.45) is -0.910. The minimum atomic E-state index is -1.18. The molecule has 0 saturated heterocycles. The summed E-state index contributed by atoms with van der Waals surface area (Å²) < 4.78 is 0. The molecular weight excluding hydrogens is 226 g/mol. The average Bonchev–Trinajstić information content (AvgIpc) is 2.28. The number of nitro groups is 1. The second-order valence-electron chi connectivity index (χ2n) is 3.74. The fourth-order valence-corrected chi connectivity index (χ4v) is 1.49. The van der Waals surface area contributed by atoms with Gasteiger partial charge in [-0.2, -0.15) is 0 Å². The zero-order valence-electron chi connectivity index (χ0n) is 9.41. The molecule has 2 unspecified atom stereocenters. The smallest absolute Gasteiger partial charge is 0.287 e. The maximum absolute atomic E-state index is 10.5. The van der Waals surface area contributed by atoms with E-state index in [2.05, 4.69) is 4.98 Å². The van der Waals surface area contributed by atoms with Gasteiger partial charge in [0.2, 0.25) is 0 Å². The van der Waals surface area contributed by atoms with Gasteiger partial charge in [0.05, 0.1) is 16.7 Å². The molecule has 0 aliphatic carbocycles. The van der Waals surface area contributed by atoms with Gasteiger partial charge < -0.3 is 15.9 Å². The van der Waals surface area contributed by atoms with Crippen molar-refractivity contribution in [1.29, 1.82) is 0 Å². The molecule has 0 amide bonds. The van der Waals surface area contributed by atoms with Gasteiger partial charge in [0.15, 0.2) is 0 Å². The van der Waals surface area contributed by atoms with Gasteiger partial charge in [-0.1, -0.05) is 0 Å². The van der Waals surface area contributed by atoms with Crippen molar-refractivity contribution in [2.45, 2.75) is 25.6 Å². The van der Waals surface area contributed by atoms with E-state index in [4.69, 9.17) is 5.73 Å². The molecule has 7 nitrogen and oxygen atoms in total. The largest absolute Gasteiger partial charge is 0.390 e. The molecular formula is C10H15N3O4. The first-order valence-corrected chi connectivity index (χ1v) is 5.14. The monoisotopic (exact) mass is 241 g/mol. The molecule has 94 valence electrons. The van der Waals surface area contributed by atoms with Crippen LogP contribution in [-0.4, -0.2) is 32.8 Å². The molecule has 0 saturated carbocycles. The summed E-state index contributed by atoms with van der Waals surface area (Å²) in [4.78, 5) is 13.8. The van der Waals surface area contributed by atoms with Gasteiger partial charge in [-0.3, -0.25) is 15.1 Å². The Kier molecular flexibility index (Phi) is 4.50. The first-order chi connectivity index (χ1) is 7.97. The van der Waals surface area contributed by atoms with Crippen LogP contribution in [0.15, 0.2) is 12.3 Å². The number of hydrogen-bond acceptors (Lipinski definition) is 6. The third kappa shape index (κ3) is 3.19. The Morgan fingerprint density at radius 1 is 1.59 bits per heavy atom. The van der Waals surface area contributed by atoms with Crippen LogP contribution in [-0.2, 0) is 0 Å². The van der Waals surface area contributed by atoms with Crippen molar-refractivity contribution in [1.82, 2.24) is 4.98 Å². The summed E-state index contributed by atoms with van der Waals surface area (Å²) in [6, 6.07) is 1.31. The summed E-state index contributed by atoms with van der Waals surface area (Å²) >= 11 is 0. The Balaban J connectivity index is 2.95. The molecule has 0 radical (unpaired) electrons. The number of rotatable bonds is 5. The molecule has 2 atom stereocenters. The zero-order valence-corrected chi connectivity index (χ0v) is 9.41. The topological polar surface area (TPSA) is 123 Å². The minimum Gasteiger partial charge on any atom is -0.390 e. The molecule has 4 N–H and O–H groups in total. The molecule has 0 aliphatic heterocycles. The molecule has 1 rings (SSSR count). The van der Waals surface area contributed by atoms with Crippen LogP contribution in [0.2, 0.25) is 0 Å². The van der Waals surface area contributed by atoms with Crippen molar-refractivity contribution in [3.05, 3.63) is 33.6 Å². The number of nitrogens with zero attached hydrogens (tertiary/aromatic N) is 2. The summed E-state index contributed by atoms with van der Waals surface area (Å²) in [5.74, 6) is 0. The van der Waals surface area contributed by atoms with E-state index < -0.39 is 17.1 Å². The first-order valence-electron chi connectivity index (χ1n) is 5.14. The van der Waals surface area contributed by atoms with Gasteiger partial charge in [-0.15, -0.1) is 0 Å². The Labute approximate surface area is 98.1 Å². The highest BCUT2D eigenvalue weighted by Gasteiger charge is 2.22. The van der Waals surface area contributed by atoms with Gasteiger partial charge in [-0.05, 0) is 25.5 Å². The van der Waals surface area contributed by atoms with E-state index in [0.717, 1.165) is 6.20 Å². The molecule has 17 heavy (non-hydrogen) atoms.